The molecule has 1 saturated heterocycles. The maximum atomic E-state index is 13.4. The van der Waals surface area contributed by atoms with Crippen molar-refractivity contribution in [1.82, 2.24) is 15.2 Å². The number of hydrogen-bond acceptors (Lipinski definition) is 5. The van der Waals surface area contributed by atoms with Crippen molar-refractivity contribution in [2.24, 2.45) is 0 Å². The van der Waals surface area contributed by atoms with Crippen LogP contribution in [0.25, 0.3) is 0 Å². The van der Waals surface area contributed by atoms with Crippen molar-refractivity contribution in [3.8, 4) is 0 Å². The van der Waals surface area contributed by atoms with Gasteiger partial charge in [0.1, 0.15) is 18.4 Å². The monoisotopic (exact) mass is 554 g/mol. The predicted molar refractivity (Wildman–Crippen MR) is 139 cm³/mol. The van der Waals surface area contributed by atoms with E-state index in [1.165, 1.54) is 11.3 Å². The summed E-state index contributed by atoms with van der Waals surface area (Å²) in [6.07, 6.45) is -1.90. The molecular formula is C28H25F3N4O3S. The maximum absolute atomic E-state index is 13.4. The number of nitrogens with zero attached hydrogens (tertiary/aromatic N) is 2. The molecule has 3 aliphatic rings. The molecule has 4 atom stereocenters. The molecule has 1 spiro atoms. The Morgan fingerprint density at radius 2 is 1.95 bits per heavy atom. The summed E-state index contributed by atoms with van der Waals surface area (Å²) in [5.74, 6) is -1.19. The molecule has 1 aromatic carbocycles. The molecule has 1 aliphatic carbocycles. The largest absolute Gasteiger partial charge is 0.406 e. The molecule has 6 rings (SSSR count). The Morgan fingerprint density at radius 3 is 2.67 bits per heavy atom. The van der Waals surface area contributed by atoms with Gasteiger partial charge in [0.05, 0.1) is 10.3 Å². The molecule has 2 N–H and O–H groups in total. The summed E-state index contributed by atoms with van der Waals surface area (Å²) in [6.45, 7) is 0.238. The Balaban J connectivity index is 1.22. The summed E-state index contributed by atoms with van der Waals surface area (Å²) >= 11 is 1.25. The van der Waals surface area contributed by atoms with Crippen LogP contribution in [-0.4, -0.2) is 52.4 Å². The van der Waals surface area contributed by atoms with E-state index in [4.69, 9.17) is 0 Å². The van der Waals surface area contributed by atoms with Gasteiger partial charge in [-0.1, -0.05) is 36.4 Å². The van der Waals surface area contributed by atoms with Gasteiger partial charge >= 0.3 is 6.18 Å². The molecule has 2 aromatic heterocycles. The summed E-state index contributed by atoms with van der Waals surface area (Å²) < 4.78 is 40.2. The Kier molecular flexibility index (Phi) is 6.01. The highest BCUT2D eigenvalue weighted by molar-refractivity contribution is 7.14. The van der Waals surface area contributed by atoms with Crippen molar-refractivity contribution in [2.75, 3.05) is 11.9 Å². The summed E-state index contributed by atoms with van der Waals surface area (Å²) in [4.78, 5) is 45.7. The van der Waals surface area contributed by atoms with Crippen LogP contribution in [0.1, 0.15) is 50.5 Å². The molecule has 202 valence electrons. The average Bonchev–Trinajstić information content (AvgIpc) is 3.54. The van der Waals surface area contributed by atoms with Gasteiger partial charge in [0.2, 0.25) is 11.8 Å². The Morgan fingerprint density at radius 1 is 1.18 bits per heavy atom. The molecule has 0 saturated carbocycles. The molecule has 39 heavy (non-hydrogen) atoms. The number of piperidine rings is 1. The van der Waals surface area contributed by atoms with Gasteiger partial charge in [0.15, 0.2) is 0 Å². The maximum Gasteiger partial charge on any atom is 0.406 e. The van der Waals surface area contributed by atoms with Gasteiger partial charge in [0.25, 0.3) is 5.91 Å². The Hall–Kier alpha value is -3.73. The number of carbonyl (C=O) groups is 3. The average molecular weight is 555 g/mol. The number of benzene rings is 1. The molecule has 0 radical (unpaired) electrons. The third-order valence-corrected chi connectivity index (χ3v) is 9.27. The highest BCUT2D eigenvalue weighted by atomic mass is 32.1. The Labute approximate surface area is 226 Å². The number of nitrogens with one attached hydrogen (secondary N) is 2. The second-order valence-electron chi connectivity index (χ2n) is 10.4. The summed E-state index contributed by atoms with van der Waals surface area (Å²) in [5, 5.41) is 5.56. The van der Waals surface area contributed by atoms with Crippen LogP contribution < -0.4 is 10.6 Å². The van der Waals surface area contributed by atoms with Crippen LogP contribution >= 0.6 is 11.3 Å². The lowest BCUT2D eigenvalue weighted by Crippen LogP contribution is -2.59. The van der Waals surface area contributed by atoms with Crippen molar-refractivity contribution < 1.29 is 27.6 Å². The zero-order chi connectivity index (χ0) is 27.5. The molecular weight excluding hydrogens is 529 g/mol. The van der Waals surface area contributed by atoms with Gasteiger partial charge < -0.3 is 15.5 Å². The van der Waals surface area contributed by atoms with E-state index in [0.717, 1.165) is 26.5 Å². The molecule has 0 bridgehead atoms. The molecule has 1 fully saturated rings. The highest BCUT2D eigenvalue weighted by Crippen LogP contribution is 2.48. The van der Waals surface area contributed by atoms with E-state index < -0.39 is 42.0 Å². The number of thiophene rings is 1. The lowest BCUT2D eigenvalue weighted by atomic mass is 9.80. The second kappa shape index (κ2) is 9.18. The zero-order valence-corrected chi connectivity index (χ0v) is 21.7. The fraction of sp³-hybridized carbons (Fsp3) is 0.357. The van der Waals surface area contributed by atoms with Gasteiger partial charge in [-0.15, -0.1) is 11.3 Å². The van der Waals surface area contributed by atoms with Crippen LogP contribution in [0, 0.1) is 0 Å². The molecule has 4 heterocycles. The molecule has 11 heteroatoms. The van der Waals surface area contributed by atoms with E-state index in [1.807, 2.05) is 24.3 Å². The lowest BCUT2D eigenvalue weighted by Gasteiger charge is -2.43. The summed E-state index contributed by atoms with van der Waals surface area (Å²) in [7, 11) is 0. The highest BCUT2D eigenvalue weighted by Gasteiger charge is 2.52. The third kappa shape index (κ3) is 4.38. The topological polar surface area (TPSA) is 91.4 Å². The molecule has 2 aliphatic heterocycles. The first kappa shape index (κ1) is 25.5. The van der Waals surface area contributed by atoms with Crippen molar-refractivity contribution in [3.63, 3.8) is 0 Å². The molecule has 0 unspecified atom stereocenters. The SMILES string of the molecule is C[C@H]1[C@H](c2ccccc2)C[C@@H](NC(=O)c2cc3c(s2)C[C@]2(C3)C(=O)Nc3ncccc32)C(=O)N1CC(F)(F)F. The smallest absolute Gasteiger partial charge is 0.340 e. The summed E-state index contributed by atoms with van der Waals surface area (Å²) in [6, 6.07) is 12.7. The van der Waals surface area contributed by atoms with Crippen molar-refractivity contribution in [3.05, 3.63) is 81.2 Å². The lowest BCUT2D eigenvalue weighted by molar-refractivity contribution is -0.170. The van der Waals surface area contributed by atoms with Gasteiger partial charge in [-0.3, -0.25) is 14.4 Å². The minimum Gasteiger partial charge on any atom is -0.340 e. The number of rotatable bonds is 4. The second-order valence-corrected chi connectivity index (χ2v) is 11.6. The van der Waals surface area contributed by atoms with E-state index in [0.29, 0.717) is 23.5 Å². The number of fused-ring (bicyclic) bond motifs is 3. The standard InChI is InChI=1S/C28H25F3N4O3S/c1-15-18(16-6-3-2-4-7-16)11-20(25(37)35(15)14-28(29,30)31)33-24(36)21-10-17-12-27(13-22(17)39-21)19-8-5-9-32-23(19)34-26(27)38/h2-10,15,18,20H,11-14H2,1H3,(H,33,36)(H,32,34,38)/t15-,18+,20+,27-/m0/s1. The first-order chi connectivity index (χ1) is 18.6. The van der Waals surface area contributed by atoms with E-state index in [9.17, 15) is 27.6 Å². The first-order valence-corrected chi connectivity index (χ1v) is 13.5. The first-order valence-electron chi connectivity index (χ1n) is 12.7. The van der Waals surface area contributed by atoms with Crippen LogP contribution in [0.2, 0.25) is 0 Å². The van der Waals surface area contributed by atoms with Crippen LogP contribution in [0.4, 0.5) is 19.0 Å². The van der Waals surface area contributed by atoms with E-state index >= 15 is 0 Å². The minimum atomic E-state index is -4.57. The van der Waals surface area contributed by atoms with E-state index in [-0.39, 0.29) is 18.2 Å². The number of carbonyl (C=O) groups excluding carboxylic acids is 3. The number of alkyl halides is 3. The van der Waals surface area contributed by atoms with E-state index in [1.54, 1.807) is 37.4 Å². The van der Waals surface area contributed by atoms with Gasteiger partial charge in [-0.2, -0.15) is 13.2 Å². The zero-order valence-electron chi connectivity index (χ0n) is 20.9. The minimum absolute atomic E-state index is 0.121. The number of aromatic nitrogens is 1. The van der Waals surface area contributed by atoms with Gasteiger partial charge in [0, 0.05) is 35.0 Å². The predicted octanol–water partition coefficient (Wildman–Crippen LogP) is 4.20. The van der Waals surface area contributed by atoms with Crippen LogP contribution in [0.3, 0.4) is 0 Å². The summed E-state index contributed by atoms with van der Waals surface area (Å²) in [5.41, 5.74) is 1.77. The third-order valence-electron chi connectivity index (χ3n) is 8.09. The van der Waals surface area contributed by atoms with Gasteiger partial charge in [-0.25, -0.2) is 4.98 Å². The van der Waals surface area contributed by atoms with Crippen molar-refractivity contribution >= 4 is 34.9 Å². The molecule has 3 amide bonds. The number of anilines is 1. The number of hydrogen-bond donors (Lipinski definition) is 2. The van der Waals surface area contributed by atoms with Crippen LogP contribution in [0.15, 0.2) is 54.7 Å². The van der Waals surface area contributed by atoms with Crippen molar-refractivity contribution in [1.29, 1.82) is 0 Å². The van der Waals surface area contributed by atoms with Gasteiger partial charge in [-0.05, 0) is 43.0 Å². The fourth-order valence-electron chi connectivity index (χ4n) is 6.18. The fourth-order valence-corrected chi connectivity index (χ4v) is 7.38. The normalized spacial score (nSPS) is 25.9. The number of likely N-dealkylation sites (tertiary alicyclic amines) is 1. The number of amides is 3. The molecule has 3 aromatic rings. The number of pyridine rings is 1. The van der Waals surface area contributed by atoms with Crippen LogP contribution in [-0.2, 0) is 27.8 Å². The van der Waals surface area contributed by atoms with Crippen molar-refractivity contribution in [2.45, 2.75) is 55.8 Å². The Bertz CT molecular complexity index is 1450. The van der Waals surface area contributed by atoms with E-state index in [2.05, 4.69) is 15.6 Å². The molecule has 7 nitrogen and oxygen atoms in total. The number of halogens is 3. The quantitative estimate of drug-likeness (QED) is 0.506. The van der Waals surface area contributed by atoms with Crippen LogP contribution in [0.5, 0.6) is 0 Å².